The zero-order valence-electron chi connectivity index (χ0n) is 16.9. The van der Waals surface area contributed by atoms with E-state index in [0.29, 0.717) is 0 Å². The number of hydrogen-bond acceptors (Lipinski definition) is 0. The molecule has 5 aromatic rings. The summed E-state index contributed by atoms with van der Waals surface area (Å²) in [6, 6.07) is 30.9. The maximum atomic E-state index is 4.52. The molecule has 0 N–H and O–H groups in total. The molecule has 4 heterocycles. The molecular formula is C28H21N2+. The minimum atomic E-state index is -0.0666. The van der Waals surface area contributed by atoms with Crippen molar-refractivity contribution in [2.75, 3.05) is 0 Å². The van der Waals surface area contributed by atoms with Crippen LogP contribution in [0, 0.1) is 0 Å². The van der Waals surface area contributed by atoms with Crippen molar-refractivity contribution in [3.63, 3.8) is 0 Å². The summed E-state index contributed by atoms with van der Waals surface area (Å²) in [4.78, 5) is 0. The van der Waals surface area contributed by atoms with Crippen molar-refractivity contribution in [2.45, 2.75) is 18.8 Å². The number of rotatable bonds is 1. The lowest BCUT2D eigenvalue weighted by Crippen LogP contribution is -2.41. The van der Waals surface area contributed by atoms with Crippen molar-refractivity contribution < 1.29 is 4.57 Å². The van der Waals surface area contributed by atoms with Crippen molar-refractivity contribution in [1.82, 2.24) is 4.57 Å². The lowest BCUT2D eigenvalue weighted by atomic mass is 9.74. The lowest BCUT2D eigenvalue weighted by molar-refractivity contribution is -0.572. The third kappa shape index (κ3) is 1.78. The van der Waals surface area contributed by atoms with Gasteiger partial charge in [0.05, 0.1) is 28.4 Å². The van der Waals surface area contributed by atoms with E-state index in [2.05, 4.69) is 108 Å². The van der Waals surface area contributed by atoms with Gasteiger partial charge in [-0.1, -0.05) is 36.4 Å². The van der Waals surface area contributed by atoms with Gasteiger partial charge in [-0.25, -0.2) is 0 Å². The number of fused-ring (bicyclic) bond motifs is 7. The fourth-order valence-corrected chi connectivity index (χ4v) is 5.72. The quantitative estimate of drug-likeness (QED) is 0.311. The first-order chi connectivity index (χ1) is 14.7. The second-order valence-electron chi connectivity index (χ2n) is 8.80. The highest BCUT2D eigenvalue weighted by Gasteiger charge is 2.52. The number of para-hydroxylation sites is 2. The fraction of sp³-hybridized carbons (Fsp3) is 0.107. The molecule has 2 aromatic heterocycles. The zero-order valence-corrected chi connectivity index (χ0v) is 16.9. The molecule has 0 aliphatic carbocycles. The van der Waals surface area contributed by atoms with Gasteiger partial charge in [-0.2, -0.15) is 4.57 Å². The van der Waals surface area contributed by atoms with Gasteiger partial charge < -0.3 is 4.57 Å². The lowest BCUT2D eigenvalue weighted by Gasteiger charge is -2.27. The molecule has 3 aromatic carbocycles. The van der Waals surface area contributed by atoms with Crippen LogP contribution in [0.1, 0.15) is 18.2 Å². The molecule has 2 aliphatic rings. The highest BCUT2D eigenvalue weighted by Crippen LogP contribution is 2.49. The minimum Gasteiger partial charge on any atom is -0.309 e. The van der Waals surface area contributed by atoms with Crippen LogP contribution in [0.2, 0.25) is 0 Å². The molecule has 0 saturated heterocycles. The Balaban J connectivity index is 1.67. The molecule has 2 heteroatoms. The molecule has 7 rings (SSSR count). The Morgan fingerprint density at radius 2 is 1.63 bits per heavy atom. The summed E-state index contributed by atoms with van der Waals surface area (Å²) in [7, 11) is 0. The van der Waals surface area contributed by atoms with Crippen LogP contribution in [0.5, 0.6) is 0 Å². The maximum Gasteiger partial charge on any atom is 0.218 e. The van der Waals surface area contributed by atoms with Crippen molar-refractivity contribution in [2.24, 2.45) is 0 Å². The predicted molar refractivity (Wildman–Crippen MR) is 123 cm³/mol. The molecule has 30 heavy (non-hydrogen) atoms. The first-order valence-electron chi connectivity index (χ1n) is 10.5. The minimum absolute atomic E-state index is 0.0666. The van der Waals surface area contributed by atoms with Gasteiger partial charge in [0.1, 0.15) is 0 Å². The molecule has 0 radical (unpaired) electrons. The molecular weight excluding hydrogens is 364 g/mol. The second kappa shape index (κ2) is 5.28. The van der Waals surface area contributed by atoms with Crippen LogP contribution < -0.4 is 4.57 Å². The summed E-state index contributed by atoms with van der Waals surface area (Å²) >= 11 is 0. The molecule has 1 atom stereocenters. The average Bonchev–Trinajstić information content (AvgIpc) is 3.23. The second-order valence-corrected chi connectivity index (χ2v) is 8.80. The van der Waals surface area contributed by atoms with Crippen LogP contribution in [0.4, 0.5) is 0 Å². The molecule has 0 saturated carbocycles. The van der Waals surface area contributed by atoms with Gasteiger partial charge in [-0.05, 0) is 55.5 Å². The number of hydrogen-bond donors (Lipinski definition) is 0. The van der Waals surface area contributed by atoms with E-state index in [-0.39, 0.29) is 5.41 Å². The third-order valence-electron chi connectivity index (χ3n) is 7.21. The first-order valence-corrected chi connectivity index (χ1v) is 10.5. The van der Waals surface area contributed by atoms with Crippen LogP contribution >= 0.6 is 0 Å². The zero-order chi connectivity index (χ0) is 20.0. The van der Waals surface area contributed by atoms with E-state index in [1.54, 1.807) is 0 Å². The smallest absolute Gasteiger partial charge is 0.218 e. The summed E-state index contributed by atoms with van der Waals surface area (Å²) in [6.07, 6.45) is 1.00. The average molecular weight is 385 g/mol. The van der Waals surface area contributed by atoms with E-state index >= 15 is 0 Å². The van der Waals surface area contributed by atoms with Gasteiger partial charge in [-0.15, -0.1) is 0 Å². The van der Waals surface area contributed by atoms with Gasteiger partial charge in [0.25, 0.3) is 0 Å². The first kappa shape index (κ1) is 16.2. The van der Waals surface area contributed by atoms with Gasteiger partial charge in [0.15, 0.2) is 11.4 Å². The number of pyridine rings is 1. The Morgan fingerprint density at radius 1 is 0.833 bits per heavy atom. The van der Waals surface area contributed by atoms with Gasteiger partial charge in [0.2, 0.25) is 5.69 Å². The van der Waals surface area contributed by atoms with E-state index < -0.39 is 0 Å². The number of aromatic nitrogens is 2. The Hall–Kier alpha value is -3.65. The van der Waals surface area contributed by atoms with E-state index in [1.807, 2.05) is 0 Å². The van der Waals surface area contributed by atoms with Crippen molar-refractivity contribution in [3.8, 4) is 16.9 Å². The number of nitrogens with zero attached hydrogens (tertiary/aromatic N) is 2. The monoisotopic (exact) mass is 385 g/mol. The Bertz CT molecular complexity index is 1540. The van der Waals surface area contributed by atoms with E-state index in [9.17, 15) is 0 Å². The molecule has 0 amide bonds. The van der Waals surface area contributed by atoms with Crippen LogP contribution in [0.15, 0.2) is 91.5 Å². The van der Waals surface area contributed by atoms with E-state index in [0.717, 1.165) is 6.42 Å². The summed E-state index contributed by atoms with van der Waals surface area (Å²) in [5, 5.41) is 2.61. The van der Waals surface area contributed by atoms with Crippen molar-refractivity contribution >= 4 is 27.5 Å². The molecule has 0 spiro atoms. The highest BCUT2D eigenvalue weighted by molar-refractivity contribution is 6.11. The maximum absolute atomic E-state index is 4.52. The normalized spacial score (nSPS) is 18.9. The van der Waals surface area contributed by atoms with Crippen LogP contribution in [0.3, 0.4) is 0 Å². The molecule has 0 fully saturated rings. The SMILES string of the molecule is C=C1[n+]2c3cccc2-c2cc4c5ccccc5n(-c5ccccc5)c4cc2C1(C)C3. The highest BCUT2D eigenvalue weighted by atomic mass is 15.1. The number of allylic oxidation sites excluding steroid dienone is 1. The van der Waals surface area contributed by atoms with Gasteiger partial charge >= 0.3 is 0 Å². The van der Waals surface area contributed by atoms with E-state index in [1.165, 1.54) is 55.7 Å². The topological polar surface area (TPSA) is 8.81 Å². The third-order valence-corrected chi connectivity index (χ3v) is 7.21. The van der Waals surface area contributed by atoms with Crippen molar-refractivity contribution in [1.29, 1.82) is 0 Å². The summed E-state index contributed by atoms with van der Waals surface area (Å²) in [5.74, 6) is 0. The Morgan fingerprint density at radius 3 is 2.50 bits per heavy atom. The number of benzene rings is 3. The molecule has 2 aliphatic heterocycles. The fourth-order valence-electron chi connectivity index (χ4n) is 5.72. The predicted octanol–water partition coefficient (Wildman–Crippen LogP) is 6.04. The summed E-state index contributed by atoms with van der Waals surface area (Å²) in [6.45, 7) is 6.87. The van der Waals surface area contributed by atoms with Crippen LogP contribution in [-0.2, 0) is 11.8 Å². The van der Waals surface area contributed by atoms with Gasteiger partial charge in [0, 0.05) is 28.6 Å². The molecule has 142 valence electrons. The Kier molecular flexibility index (Phi) is 2.85. The van der Waals surface area contributed by atoms with Gasteiger partial charge in [-0.3, -0.25) is 0 Å². The standard InChI is InChI=1S/C28H21N2/c1-18-28(2)17-20-11-8-14-26(29(18)20)23-15-22-21-12-6-7-13-25(21)30(27(22)16-24(23)28)19-9-4-3-5-10-19/h3-16H,1,17H2,2H3/q+1. The largest absolute Gasteiger partial charge is 0.309 e. The Labute approximate surface area is 175 Å². The van der Waals surface area contributed by atoms with Crippen molar-refractivity contribution in [3.05, 3.63) is 103 Å². The molecule has 1 unspecified atom stereocenters. The van der Waals surface area contributed by atoms with Crippen LogP contribution in [-0.4, -0.2) is 4.57 Å². The molecule has 2 nitrogen and oxygen atoms in total. The van der Waals surface area contributed by atoms with E-state index in [4.69, 9.17) is 0 Å². The summed E-state index contributed by atoms with van der Waals surface area (Å²) < 4.78 is 4.79. The summed E-state index contributed by atoms with van der Waals surface area (Å²) in [5.41, 5.74) is 10.2. The van der Waals surface area contributed by atoms with Crippen LogP contribution in [0.25, 0.3) is 44.4 Å². The molecule has 2 bridgehead atoms.